The summed E-state index contributed by atoms with van der Waals surface area (Å²) >= 11 is 8.12. The van der Waals surface area contributed by atoms with Gasteiger partial charge in [0.15, 0.2) is 0 Å². The SMILES string of the molecule is CCCNc1cc(C(=O)N2CCSC(CC)C2)c(Cl)cn1. The number of pyridine rings is 1. The van der Waals surface area contributed by atoms with Gasteiger partial charge in [0.25, 0.3) is 5.91 Å². The topological polar surface area (TPSA) is 45.2 Å². The Bertz CT molecular complexity index is 498. The van der Waals surface area contributed by atoms with Gasteiger partial charge in [0, 0.05) is 36.8 Å². The van der Waals surface area contributed by atoms with E-state index in [-0.39, 0.29) is 5.91 Å². The second kappa shape index (κ2) is 7.90. The predicted octanol–water partition coefficient (Wildman–Crippen LogP) is 3.52. The fourth-order valence-corrected chi connectivity index (χ4v) is 3.64. The molecule has 116 valence electrons. The number of nitrogens with one attached hydrogen (secondary N) is 1. The smallest absolute Gasteiger partial charge is 0.255 e. The number of amides is 1. The van der Waals surface area contributed by atoms with Crippen LogP contribution in [-0.4, -0.2) is 46.4 Å². The average Bonchev–Trinajstić information content (AvgIpc) is 2.53. The fourth-order valence-electron chi connectivity index (χ4n) is 2.27. The molecule has 0 bridgehead atoms. The van der Waals surface area contributed by atoms with E-state index in [1.165, 1.54) is 0 Å². The number of hydrogen-bond donors (Lipinski definition) is 1. The molecule has 1 fully saturated rings. The van der Waals surface area contributed by atoms with Gasteiger partial charge in [-0.1, -0.05) is 25.4 Å². The monoisotopic (exact) mass is 327 g/mol. The summed E-state index contributed by atoms with van der Waals surface area (Å²) in [6, 6.07) is 1.77. The Morgan fingerprint density at radius 3 is 3.10 bits per heavy atom. The van der Waals surface area contributed by atoms with E-state index in [2.05, 4.69) is 24.1 Å². The van der Waals surface area contributed by atoms with Crippen molar-refractivity contribution < 1.29 is 4.79 Å². The van der Waals surface area contributed by atoms with Crippen LogP contribution in [0.4, 0.5) is 5.82 Å². The highest BCUT2D eigenvalue weighted by atomic mass is 35.5. The Balaban J connectivity index is 2.13. The average molecular weight is 328 g/mol. The van der Waals surface area contributed by atoms with Crippen LogP contribution in [-0.2, 0) is 0 Å². The summed E-state index contributed by atoms with van der Waals surface area (Å²) in [7, 11) is 0. The maximum Gasteiger partial charge on any atom is 0.255 e. The number of anilines is 1. The van der Waals surface area contributed by atoms with Crippen LogP contribution in [0.3, 0.4) is 0 Å². The fraction of sp³-hybridized carbons (Fsp3) is 0.600. The molecule has 0 radical (unpaired) electrons. The van der Waals surface area contributed by atoms with Gasteiger partial charge >= 0.3 is 0 Å². The van der Waals surface area contributed by atoms with E-state index >= 15 is 0 Å². The summed E-state index contributed by atoms with van der Waals surface area (Å²) in [6.45, 7) is 6.68. The Hall–Kier alpha value is -0.940. The van der Waals surface area contributed by atoms with Gasteiger partial charge in [-0.2, -0.15) is 11.8 Å². The molecule has 1 amide bonds. The number of carbonyl (C=O) groups excluding carboxylic acids is 1. The third-order valence-electron chi connectivity index (χ3n) is 3.52. The second-order valence-electron chi connectivity index (χ2n) is 5.13. The van der Waals surface area contributed by atoms with Crippen LogP contribution in [0.1, 0.15) is 37.0 Å². The Morgan fingerprint density at radius 1 is 1.57 bits per heavy atom. The zero-order chi connectivity index (χ0) is 15.2. The van der Waals surface area contributed by atoms with Crippen LogP contribution in [0.15, 0.2) is 12.3 Å². The zero-order valence-corrected chi connectivity index (χ0v) is 14.1. The molecule has 1 N–H and O–H groups in total. The van der Waals surface area contributed by atoms with Crippen molar-refractivity contribution in [3.8, 4) is 0 Å². The highest BCUT2D eigenvalue weighted by molar-refractivity contribution is 8.00. The van der Waals surface area contributed by atoms with E-state index in [0.717, 1.165) is 38.2 Å². The van der Waals surface area contributed by atoms with E-state index < -0.39 is 0 Å². The van der Waals surface area contributed by atoms with Gasteiger partial charge in [-0.3, -0.25) is 4.79 Å². The van der Waals surface area contributed by atoms with Gasteiger partial charge < -0.3 is 10.2 Å². The minimum atomic E-state index is 0.0145. The molecule has 1 aromatic rings. The largest absolute Gasteiger partial charge is 0.370 e. The molecular weight excluding hydrogens is 306 g/mol. The molecule has 0 aromatic carbocycles. The summed E-state index contributed by atoms with van der Waals surface area (Å²) < 4.78 is 0. The Morgan fingerprint density at radius 2 is 2.38 bits per heavy atom. The first-order valence-electron chi connectivity index (χ1n) is 7.46. The lowest BCUT2D eigenvalue weighted by atomic mass is 10.2. The molecule has 1 aromatic heterocycles. The molecule has 1 unspecified atom stereocenters. The molecule has 1 saturated heterocycles. The molecule has 0 spiro atoms. The molecule has 6 heteroatoms. The minimum absolute atomic E-state index is 0.0145. The van der Waals surface area contributed by atoms with Gasteiger partial charge in [0.05, 0.1) is 10.6 Å². The first-order valence-corrected chi connectivity index (χ1v) is 8.88. The van der Waals surface area contributed by atoms with E-state index in [4.69, 9.17) is 11.6 Å². The van der Waals surface area contributed by atoms with E-state index in [0.29, 0.717) is 21.7 Å². The summed E-state index contributed by atoms with van der Waals surface area (Å²) in [4.78, 5) is 18.8. The van der Waals surface area contributed by atoms with Gasteiger partial charge in [-0.25, -0.2) is 4.98 Å². The Labute approximate surface area is 135 Å². The number of thioether (sulfide) groups is 1. The van der Waals surface area contributed by atoms with Gasteiger partial charge in [0.2, 0.25) is 0 Å². The number of nitrogens with zero attached hydrogens (tertiary/aromatic N) is 2. The molecule has 1 aliphatic rings. The molecule has 0 aliphatic carbocycles. The lowest BCUT2D eigenvalue weighted by Crippen LogP contribution is -2.41. The highest BCUT2D eigenvalue weighted by Crippen LogP contribution is 2.25. The summed E-state index contributed by atoms with van der Waals surface area (Å²) in [6.07, 6.45) is 3.65. The van der Waals surface area contributed by atoms with E-state index in [1.807, 2.05) is 16.7 Å². The van der Waals surface area contributed by atoms with Crippen molar-refractivity contribution in [2.45, 2.75) is 31.9 Å². The third kappa shape index (κ3) is 4.27. The van der Waals surface area contributed by atoms with Crippen molar-refractivity contribution >= 4 is 35.1 Å². The summed E-state index contributed by atoms with van der Waals surface area (Å²) in [5, 5.41) is 4.15. The van der Waals surface area contributed by atoms with Crippen molar-refractivity contribution in [3.05, 3.63) is 22.8 Å². The zero-order valence-electron chi connectivity index (χ0n) is 12.6. The lowest BCUT2D eigenvalue weighted by molar-refractivity contribution is 0.0761. The van der Waals surface area contributed by atoms with Gasteiger partial charge in [0.1, 0.15) is 5.82 Å². The predicted molar refractivity (Wildman–Crippen MR) is 90.5 cm³/mol. The number of hydrogen-bond acceptors (Lipinski definition) is 4. The Kier molecular flexibility index (Phi) is 6.18. The second-order valence-corrected chi connectivity index (χ2v) is 6.94. The van der Waals surface area contributed by atoms with Crippen molar-refractivity contribution in [2.75, 3.05) is 30.7 Å². The molecule has 4 nitrogen and oxygen atoms in total. The number of rotatable bonds is 5. The van der Waals surface area contributed by atoms with Crippen LogP contribution in [0.5, 0.6) is 0 Å². The summed E-state index contributed by atoms with van der Waals surface area (Å²) in [5.74, 6) is 1.72. The number of halogens is 1. The van der Waals surface area contributed by atoms with Crippen LogP contribution in [0.25, 0.3) is 0 Å². The van der Waals surface area contributed by atoms with Gasteiger partial charge in [-0.15, -0.1) is 0 Å². The van der Waals surface area contributed by atoms with Crippen molar-refractivity contribution in [2.24, 2.45) is 0 Å². The highest BCUT2D eigenvalue weighted by Gasteiger charge is 2.25. The van der Waals surface area contributed by atoms with Crippen LogP contribution in [0, 0.1) is 0 Å². The molecule has 0 saturated carbocycles. The van der Waals surface area contributed by atoms with Crippen LogP contribution < -0.4 is 5.32 Å². The summed E-state index contributed by atoms with van der Waals surface area (Å²) in [5.41, 5.74) is 0.548. The first-order chi connectivity index (χ1) is 10.2. The third-order valence-corrected chi connectivity index (χ3v) is 5.20. The van der Waals surface area contributed by atoms with Crippen molar-refractivity contribution in [3.63, 3.8) is 0 Å². The van der Waals surface area contributed by atoms with Crippen molar-refractivity contribution in [1.29, 1.82) is 0 Å². The molecule has 2 heterocycles. The molecular formula is C15H22ClN3OS. The van der Waals surface area contributed by atoms with E-state index in [1.54, 1.807) is 12.3 Å². The number of carbonyl (C=O) groups is 1. The minimum Gasteiger partial charge on any atom is -0.370 e. The molecule has 2 rings (SSSR count). The molecule has 1 aliphatic heterocycles. The normalized spacial score (nSPS) is 18.6. The standard InChI is InChI=1S/C15H22ClN3OS/c1-3-5-17-14-8-12(13(16)9-18-14)15(20)19-6-7-21-11(4-2)10-19/h8-9,11H,3-7,10H2,1-2H3,(H,17,18). The van der Waals surface area contributed by atoms with Crippen molar-refractivity contribution in [1.82, 2.24) is 9.88 Å². The quantitative estimate of drug-likeness (QED) is 0.898. The van der Waals surface area contributed by atoms with E-state index in [9.17, 15) is 4.79 Å². The maximum atomic E-state index is 12.7. The van der Waals surface area contributed by atoms with Crippen LogP contribution in [0.2, 0.25) is 5.02 Å². The molecule has 1 atom stereocenters. The first kappa shape index (κ1) is 16.4. The van der Waals surface area contributed by atoms with Gasteiger partial charge in [-0.05, 0) is 18.9 Å². The molecule has 21 heavy (non-hydrogen) atoms. The maximum absolute atomic E-state index is 12.7. The van der Waals surface area contributed by atoms with Crippen LogP contribution >= 0.6 is 23.4 Å². The number of aromatic nitrogens is 1. The lowest BCUT2D eigenvalue weighted by Gasteiger charge is -2.32.